The van der Waals surface area contributed by atoms with E-state index in [4.69, 9.17) is 9.47 Å². The van der Waals surface area contributed by atoms with Gasteiger partial charge in [-0.2, -0.15) is 0 Å². The zero-order chi connectivity index (χ0) is 24.1. The largest absolute Gasteiger partial charge is 0.465 e. The molecule has 1 unspecified atom stereocenters. The fraction of sp³-hybridized carbons (Fsp3) is 0.133. The first-order chi connectivity index (χ1) is 16.4. The predicted octanol–water partition coefficient (Wildman–Crippen LogP) is 6.82. The Morgan fingerprint density at radius 1 is 0.618 bits per heavy atom. The van der Waals surface area contributed by atoms with Gasteiger partial charge in [-0.1, -0.05) is 73.2 Å². The third kappa shape index (κ3) is 5.24. The predicted molar refractivity (Wildman–Crippen MR) is 133 cm³/mol. The van der Waals surface area contributed by atoms with E-state index in [-0.39, 0.29) is 11.9 Å². The maximum absolute atomic E-state index is 12.6. The quantitative estimate of drug-likeness (QED) is 0.239. The van der Waals surface area contributed by atoms with Crippen LogP contribution in [0.3, 0.4) is 0 Å². The van der Waals surface area contributed by atoms with Gasteiger partial charge >= 0.3 is 11.9 Å². The highest BCUT2D eigenvalue weighted by Crippen LogP contribution is 2.27. The molecule has 170 valence electrons. The molecule has 4 aromatic carbocycles. The Morgan fingerprint density at radius 3 is 1.53 bits per heavy atom. The Bertz CT molecular complexity index is 1270. The lowest BCUT2D eigenvalue weighted by atomic mass is 9.93. The van der Waals surface area contributed by atoms with Gasteiger partial charge in [0, 0.05) is 5.92 Å². The first-order valence-electron chi connectivity index (χ1n) is 11.1. The van der Waals surface area contributed by atoms with E-state index < -0.39 is 5.97 Å². The van der Waals surface area contributed by atoms with E-state index in [1.54, 1.807) is 24.3 Å². The van der Waals surface area contributed by atoms with E-state index in [0.717, 1.165) is 16.7 Å². The highest BCUT2D eigenvalue weighted by molar-refractivity contribution is 5.92. The first-order valence-corrected chi connectivity index (χ1v) is 11.1. The van der Waals surface area contributed by atoms with Gasteiger partial charge < -0.3 is 9.47 Å². The Labute approximate surface area is 199 Å². The van der Waals surface area contributed by atoms with Crippen molar-refractivity contribution in [3.8, 4) is 16.9 Å². The van der Waals surface area contributed by atoms with Crippen molar-refractivity contribution in [3.05, 3.63) is 125 Å². The topological polar surface area (TPSA) is 52.6 Å². The van der Waals surface area contributed by atoms with E-state index in [1.807, 2.05) is 48.5 Å². The van der Waals surface area contributed by atoms with Gasteiger partial charge in [0.25, 0.3) is 0 Å². The lowest BCUT2D eigenvalue weighted by molar-refractivity contribution is 0.0600. The summed E-state index contributed by atoms with van der Waals surface area (Å²) in [6.07, 6.45) is 0. The summed E-state index contributed by atoms with van der Waals surface area (Å²) in [4.78, 5) is 24.2. The summed E-state index contributed by atoms with van der Waals surface area (Å²) in [5.74, 6) is -0.0267. The van der Waals surface area contributed by atoms with Gasteiger partial charge in [0.05, 0.1) is 18.2 Å². The molecule has 1 atom stereocenters. The third-order valence-corrected chi connectivity index (χ3v) is 5.93. The van der Waals surface area contributed by atoms with Crippen LogP contribution >= 0.6 is 0 Å². The van der Waals surface area contributed by atoms with Crippen LogP contribution in [0.4, 0.5) is 0 Å². The summed E-state index contributed by atoms with van der Waals surface area (Å²) >= 11 is 0. The number of hydrogen-bond donors (Lipinski definition) is 0. The Hall–Kier alpha value is -4.18. The molecule has 0 spiro atoms. The van der Waals surface area contributed by atoms with Gasteiger partial charge in [-0.15, -0.1) is 0 Å². The van der Waals surface area contributed by atoms with E-state index in [2.05, 4.69) is 38.1 Å². The van der Waals surface area contributed by atoms with Crippen LogP contribution in [-0.2, 0) is 4.74 Å². The van der Waals surface area contributed by atoms with Crippen molar-refractivity contribution < 1.29 is 19.1 Å². The fourth-order valence-corrected chi connectivity index (χ4v) is 3.75. The molecule has 4 nitrogen and oxygen atoms in total. The van der Waals surface area contributed by atoms with Gasteiger partial charge in [-0.3, -0.25) is 0 Å². The second kappa shape index (κ2) is 10.2. The second-order valence-corrected chi connectivity index (χ2v) is 8.24. The molecule has 4 heteroatoms. The minimum Gasteiger partial charge on any atom is -0.465 e. The number of esters is 2. The normalized spacial score (nSPS) is 11.5. The van der Waals surface area contributed by atoms with Gasteiger partial charge in [0.2, 0.25) is 0 Å². The number of benzene rings is 4. The number of rotatable bonds is 6. The van der Waals surface area contributed by atoms with Crippen molar-refractivity contribution in [2.75, 3.05) is 7.11 Å². The van der Waals surface area contributed by atoms with Crippen molar-refractivity contribution in [3.63, 3.8) is 0 Å². The third-order valence-electron chi connectivity index (χ3n) is 5.93. The van der Waals surface area contributed by atoms with Crippen molar-refractivity contribution in [1.82, 2.24) is 0 Å². The highest BCUT2D eigenvalue weighted by atomic mass is 16.5. The van der Waals surface area contributed by atoms with Gasteiger partial charge in [0.1, 0.15) is 5.75 Å². The number of carbonyl (C=O) groups excluding carboxylic acids is 2. The summed E-state index contributed by atoms with van der Waals surface area (Å²) in [6, 6.07) is 30.5. The summed E-state index contributed by atoms with van der Waals surface area (Å²) in [7, 11) is 1.36. The molecule has 0 radical (unpaired) electrons. The average Bonchev–Trinajstić information content (AvgIpc) is 2.89. The molecule has 4 aromatic rings. The summed E-state index contributed by atoms with van der Waals surface area (Å²) in [5.41, 5.74) is 6.47. The molecule has 0 heterocycles. The first kappa shape index (κ1) is 23.0. The summed E-state index contributed by atoms with van der Waals surface area (Å²) < 4.78 is 10.3. The minimum atomic E-state index is -0.410. The van der Waals surface area contributed by atoms with Crippen LogP contribution < -0.4 is 4.74 Å². The van der Waals surface area contributed by atoms with Gasteiger partial charge in [-0.05, 0) is 65.6 Å². The van der Waals surface area contributed by atoms with Crippen molar-refractivity contribution in [2.45, 2.75) is 19.8 Å². The monoisotopic (exact) mass is 450 g/mol. The molecule has 0 fully saturated rings. The fourth-order valence-electron chi connectivity index (χ4n) is 3.75. The van der Waals surface area contributed by atoms with E-state index >= 15 is 0 Å². The van der Waals surface area contributed by atoms with E-state index in [1.165, 1.54) is 18.2 Å². The molecule has 4 rings (SSSR count). The van der Waals surface area contributed by atoms with Crippen molar-refractivity contribution in [1.29, 1.82) is 0 Å². The maximum Gasteiger partial charge on any atom is 0.343 e. The number of hydrogen-bond acceptors (Lipinski definition) is 4. The summed E-state index contributed by atoms with van der Waals surface area (Å²) in [5, 5.41) is 0. The molecule has 0 aliphatic heterocycles. The molecule has 0 aliphatic rings. The van der Waals surface area contributed by atoms with Crippen molar-refractivity contribution >= 4 is 11.9 Å². The zero-order valence-corrected chi connectivity index (χ0v) is 19.4. The smallest absolute Gasteiger partial charge is 0.343 e. The Morgan fingerprint density at radius 2 is 1.06 bits per heavy atom. The number of aryl methyl sites for hydroxylation is 1. The number of ether oxygens (including phenoxy) is 2. The number of carbonyl (C=O) groups is 2. The van der Waals surface area contributed by atoms with Crippen LogP contribution in [0, 0.1) is 6.92 Å². The molecule has 0 bridgehead atoms. The van der Waals surface area contributed by atoms with E-state index in [9.17, 15) is 9.59 Å². The van der Waals surface area contributed by atoms with Gasteiger partial charge in [-0.25, -0.2) is 9.59 Å². The van der Waals surface area contributed by atoms with Crippen LogP contribution in [0.1, 0.15) is 50.2 Å². The average molecular weight is 451 g/mol. The molecular weight excluding hydrogens is 424 g/mol. The molecule has 0 aliphatic carbocycles. The van der Waals surface area contributed by atoms with Crippen LogP contribution in [0.5, 0.6) is 5.75 Å². The van der Waals surface area contributed by atoms with Gasteiger partial charge in [0.15, 0.2) is 0 Å². The second-order valence-electron chi connectivity index (χ2n) is 8.24. The molecule has 0 N–H and O–H groups in total. The zero-order valence-electron chi connectivity index (χ0n) is 19.4. The lowest BCUT2D eigenvalue weighted by Crippen LogP contribution is -2.08. The van der Waals surface area contributed by atoms with Crippen LogP contribution in [0.25, 0.3) is 11.1 Å². The standard InChI is InChI=1S/C30H26O4/c1-20-4-6-22(7-5-20)21(2)23-16-18-28(19-17-23)34-30(32)27-14-10-25(11-15-27)24-8-12-26(13-9-24)29(31)33-3/h4-19,21H,1-3H3. The molecule has 0 saturated heterocycles. The Balaban J connectivity index is 1.40. The molecular formula is C30H26O4. The molecule has 0 aromatic heterocycles. The number of methoxy groups -OCH3 is 1. The molecule has 0 amide bonds. The minimum absolute atomic E-state index is 0.250. The highest BCUT2D eigenvalue weighted by Gasteiger charge is 2.12. The lowest BCUT2D eigenvalue weighted by Gasteiger charge is -2.13. The van der Waals surface area contributed by atoms with Crippen molar-refractivity contribution in [2.24, 2.45) is 0 Å². The Kier molecular flexibility index (Phi) is 6.88. The summed E-state index contributed by atoms with van der Waals surface area (Å²) in [6.45, 7) is 4.24. The van der Waals surface area contributed by atoms with Crippen LogP contribution in [0.15, 0.2) is 97.1 Å². The maximum atomic E-state index is 12.6. The van der Waals surface area contributed by atoms with E-state index in [0.29, 0.717) is 16.9 Å². The molecule has 0 saturated carbocycles. The SMILES string of the molecule is COC(=O)c1ccc(-c2ccc(C(=O)Oc3ccc(C(C)c4ccc(C)cc4)cc3)cc2)cc1. The molecule has 34 heavy (non-hydrogen) atoms. The van der Waals surface area contributed by atoms with Crippen LogP contribution in [-0.4, -0.2) is 19.0 Å². The van der Waals surface area contributed by atoms with Crippen LogP contribution in [0.2, 0.25) is 0 Å².